The highest BCUT2D eigenvalue weighted by Crippen LogP contribution is 2.44. The Balaban J connectivity index is 2.47. The van der Waals surface area contributed by atoms with E-state index in [9.17, 15) is 8.78 Å². The molecule has 1 aliphatic carbocycles. The molecule has 0 spiro atoms. The summed E-state index contributed by atoms with van der Waals surface area (Å²) < 4.78 is 27.8. The molecule has 118 valence electrons. The fourth-order valence-corrected chi connectivity index (χ4v) is 3.90. The molecule has 1 fully saturated rings. The molecule has 3 N–H and O–H groups in total. The zero-order valence-corrected chi connectivity index (χ0v) is 12.8. The van der Waals surface area contributed by atoms with Crippen LogP contribution in [0.5, 0.6) is 0 Å². The van der Waals surface area contributed by atoms with Crippen LogP contribution in [0.1, 0.15) is 51.1 Å². The first kappa shape index (κ1) is 16.3. The minimum Gasteiger partial charge on any atom is -0.296 e. The largest absolute Gasteiger partial charge is 0.296 e. The first-order chi connectivity index (χ1) is 10.1. The summed E-state index contributed by atoms with van der Waals surface area (Å²) in [5.74, 6) is 4.93. The average molecular weight is 297 g/mol. The SMILES string of the molecule is CCN(CC)C1(C(NN)c2cc(F)ccc2F)CCCC1. The minimum atomic E-state index is -0.431. The predicted molar refractivity (Wildman–Crippen MR) is 80.5 cm³/mol. The Morgan fingerprint density at radius 3 is 2.38 bits per heavy atom. The second-order valence-electron chi connectivity index (χ2n) is 5.75. The Morgan fingerprint density at radius 1 is 1.24 bits per heavy atom. The summed E-state index contributed by atoms with van der Waals surface area (Å²) in [5.41, 5.74) is 2.85. The fourth-order valence-electron chi connectivity index (χ4n) is 3.90. The van der Waals surface area contributed by atoms with E-state index in [1.54, 1.807) is 0 Å². The second-order valence-corrected chi connectivity index (χ2v) is 5.75. The summed E-state index contributed by atoms with van der Waals surface area (Å²) in [5, 5.41) is 0. The molecule has 2 rings (SSSR count). The molecule has 5 heteroatoms. The number of hydrogen-bond donors (Lipinski definition) is 2. The number of halogens is 2. The Morgan fingerprint density at radius 2 is 1.86 bits per heavy atom. The number of nitrogens with one attached hydrogen (secondary N) is 1. The van der Waals surface area contributed by atoms with Crippen LogP contribution in [0, 0.1) is 11.6 Å². The molecular formula is C16H25F2N3. The molecule has 3 nitrogen and oxygen atoms in total. The molecule has 0 heterocycles. The molecule has 1 aliphatic rings. The van der Waals surface area contributed by atoms with Gasteiger partial charge < -0.3 is 0 Å². The van der Waals surface area contributed by atoms with Crippen LogP contribution in [-0.2, 0) is 0 Å². The van der Waals surface area contributed by atoms with Crippen LogP contribution in [0.4, 0.5) is 8.78 Å². The standard InChI is InChI=1S/C16H25F2N3/c1-3-21(4-2)16(9-5-6-10-16)15(20-19)13-11-12(17)7-8-14(13)18/h7-8,11,15,20H,3-6,9-10,19H2,1-2H3. The lowest BCUT2D eigenvalue weighted by atomic mass is 9.82. The van der Waals surface area contributed by atoms with E-state index in [2.05, 4.69) is 24.2 Å². The van der Waals surface area contributed by atoms with Crippen molar-refractivity contribution < 1.29 is 8.78 Å². The van der Waals surface area contributed by atoms with Crippen molar-refractivity contribution in [1.82, 2.24) is 10.3 Å². The van der Waals surface area contributed by atoms with E-state index in [1.807, 2.05) is 0 Å². The zero-order valence-electron chi connectivity index (χ0n) is 12.8. The van der Waals surface area contributed by atoms with Gasteiger partial charge in [0.15, 0.2) is 0 Å². The van der Waals surface area contributed by atoms with Crippen LogP contribution in [0.3, 0.4) is 0 Å². The van der Waals surface area contributed by atoms with Gasteiger partial charge in [-0.15, -0.1) is 0 Å². The maximum absolute atomic E-state index is 14.2. The van der Waals surface area contributed by atoms with Crippen LogP contribution >= 0.6 is 0 Å². The molecule has 1 saturated carbocycles. The van der Waals surface area contributed by atoms with Crippen molar-refractivity contribution in [3.05, 3.63) is 35.4 Å². The number of likely N-dealkylation sites (N-methyl/N-ethyl adjacent to an activating group) is 1. The van der Waals surface area contributed by atoms with Gasteiger partial charge in [-0.25, -0.2) is 8.78 Å². The fraction of sp³-hybridized carbons (Fsp3) is 0.625. The lowest BCUT2D eigenvalue weighted by molar-refractivity contribution is 0.0611. The van der Waals surface area contributed by atoms with Crippen molar-refractivity contribution in [2.45, 2.75) is 51.1 Å². The summed E-state index contributed by atoms with van der Waals surface area (Å²) in [4.78, 5) is 2.33. The first-order valence-corrected chi connectivity index (χ1v) is 7.75. The van der Waals surface area contributed by atoms with Crippen molar-refractivity contribution in [2.75, 3.05) is 13.1 Å². The summed E-state index contributed by atoms with van der Waals surface area (Å²) in [7, 11) is 0. The number of rotatable bonds is 6. The molecule has 0 amide bonds. The first-order valence-electron chi connectivity index (χ1n) is 7.75. The maximum Gasteiger partial charge on any atom is 0.128 e. The van der Waals surface area contributed by atoms with Gasteiger partial charge in [0.2, 0.25) is 0 Å². The van der Waals surface area contributed by atoms with Crippen molar-refractivity contribution in [1.29, 1.82) is 0 Å². The van der Waals surface area contributed by atoms with E-state index in [4.69, 9.17) is 5.84 Å². The smallest absolute Gasteiger partial charge is 0.128 e. The van der Waals surface area contributed by atoms with Gasteiger partial charge in [-0.2, -0.15) is 0 Å². The van der Waals surface area contributed by atoms with Gasteiger partial charge in [0, 0.05) is 11.1 Å². The normalized spacial score (nSPS) is 19.1. The quantitative estimate of drug-likeness (QED) is 0.626. The number of hydrogen-bond acceptors (Lipinski definition) is 3. The van der Waals surface area contributed by atoms with Crippen LogP contribution in [0.25, 0.3) is 0 Å². The van der Waals surface area contributed by atoms with E-state index in [0.29, 0.717) is 5.56 Å². The second kappa shape index (κ2) is 6.81. The Kier molecular flexibility index (Phi) is 5.30. The highest BCUT2D eigenvalue weighted by molar-refractivity contribution is 5.27. The highest BCUT2D eigenvalue weighted by atomic mass is 19.1. The number of nitrogens with two attached hydrogens (primary N) is 1. The van der Waals surface area contributed by atoms with Crippen molar-refractivity contribution in [3.63, 3.8) is 0 Å². The monoisotopic (exact) mass is 297 g/mol. The molecule has 1 aromatic rings. The van der Waals surface area contributed by atoms with Crippen LogP contribution < -0.4 is 11.3 Å². The molecule has 1 aromatic carbocycles. The molecule has 0 aliphatic heterocycles. The number of benzene rings is 1. The molecule has 1 atom stereocenters. The third kappa shape index (κ3) is 2.96. The Bertz CT molecular complexity index is 469. The maximum atomic E-state index is 14.2. The predicted octanol–water partition coefficient (Wildman–Crippen LogP) is 3.12. The van der Waals surface area contributed by atoms with E-state index >= 15 is 0 Å². The summed E-state index contributed by atoms with van der Waals surface area (Å²) >= 11 is 0. The molecule has 0 saturated heterocycles. The van der Waals surface area contributed by atoms with Gasteiger partial charge in [0.25, 0.3) is 0 Å². The van der Waals surface area contributed by atoms with Gasteiger partial charge in [-0.3, -0.25) is 16.2 Å². The lowest BCUT2D eigenvalue weighted by Gasteiger charge is -2.46. The molecule has 0 radical (unpaired) electrons. The topological polar surface area (TPSA) is 41.3 Å². The molecule has 21 heavy (non-hydrogen) atoms. The molecule has 0 aromatic heterocycles. The summed E-state index contributed by atoms with van der Waals surface area (Å²) in [6, 6.07) is 3.18. The lowest BCUT2D eigenvalue weighted by Crippen LogP contribution is -2.56. The summed E-state index contributed by atoms with van der Waals surface area (Å²) in [6.45, 7) is 5.93. The van der Waals surface area contributed by atoms with E-state index in [1.165, 1.54) is 12.1 Å². The zero-order chi connectivity index (χ0) is 15.5. The van der Waals surface area contributed by atoms with E-state index in [-0.39, 0.29) is 5.54 Å². The Hall–Kier alpha value is -1.04. The van der Waals surface area contributed by atoms with Gasteiger partial charge in [-0.1, -0.05) is 26.7 Å². The average Bonchev–Trinajstić information content (AvgIpc) is 2.95. The van der Waals surface area contributed by atoms with Crippen molar-refractivity contribution >= 4 is 0 Å². The minimum absolute atomic E-state index is 0.243. The van der Waals surface area contributed by atoms with Crippen molar-refractivity contribution in [3.8, 4) is 0 Å². The number of hydrazine groups is 1. The number of nitrogens with zero attached hydrogens (tertiary/aromatic N) is 1. The Labute approximate surface area is 125 Å². The molecule has 1 unspecified atom stereocenters. The van der Waals surface area contributed by atoms with Crippen LogP contribution in [0.15, 0.2) is 18.2 Å². The third-order valence-corrected chi connectivity index (χ3v) is 4.84. The van der Waals surface area contributed by atoms with Crippen molar-refractivity contribution in [2.24, 2.45) is 5.84 Å². The molecular weight excluding hydrogens is 272 g/mol. The third-order valence-electron chi connectivity index (χ3n) is 4.84. The van der Waals surface area contributed by atoms with Crippen LogP contribution in [0.2, 0.25) is 0 Å². The van der Waals surface area contributed by atoms with Crippen LogP contribution in [-0.4, -0.2) is 23.5 Å². The van der Waals surface area contributed by atoms with Gasteiger partial charge in [-0.05, 0) is 44.1 Å². The van der Waals surface area contributed by atoms with Gasteiger partial charge >= 0.3 is 0 Å². The molecule has 0 bridgehead atoms. The van der Waals surface area contributed by atoms with Gasteiger partial charge in [0.1, 0.15) is 11.6 Å². The highest BCUT2D eigenvalue weighted by Gasteiger charge is 2.46. The van der Waals surface area contributed by atoms with Gasteiger partial charge in [0.05, 0.1) is 6.04 Å². The van der Waals surface area contributed by atoms with E-state index in [0.717, 1.165) is 44.8 Å². The van der Waals surface area contributed by atoms with E-state index < -0.39 is 17.7 Å². The summed E-state index contributed by atoms with van der Waals surface area (Å²) in [6.07, 6.45) is 4.07.